The summed E-state index contributed by atoms with van der Waals surface area (Å²) >= 11 is 1.33. The number of piperidine rings is 1. The monoisotopic (exact) mass is 577 g/mol. The van der Waals surface area contributed by atoms with Crippen LogP contribution in [-0.4, -0.2) is 47.1 Å². The SMILES string of the molecule is C[C@@H](NC(=O)[C@@H]1C[C@]2(C)C[C@@H]2N1C(=O)CNC(=O)c1ccc2c(c1)-c1ccccc1C2(F)F)c1ccc(C(=N)N)s1. The smallest absolute Gasteiger partial charge is 0.299 e. The number of nitrogens with one attached hydrogen (secondary N) is 3. The molecule has 6 rings (SSSR count). The number of nitrogen functional groups attached to an aromatic ring is 1. The van der Waals surface area contributed by atoms with Gasteiger partial charge in [-0.05, 0) is 60.6 Å². The Bertz CT molecular complexity index is 1620. The predicted molar refractivity (Wildman–Crippen MR) is 151 cm³/mol. The first kappa shape index (κ1) is 27.1. The van der Waals surface area contributed by atoms with Gasteiger partial charge in [0.05, 0.1) is 17.5 Å². The summed E-state index contributed by atoms with van der Waals surface area (Å²) in [6.45, 7) is 3.56. The Morgan fingerprint density at radius 1 is 1.10 bits per heavy atom. The first-order valence-corrected chi connectivity index (χ1v) is 14.2. The van der Waals surface area contributed by atoms with Gasteiger partial charge in [0.25, 0.3) is 11.8 Å². The molecule has 2 aromatic carbocycles. The van der Waals surface area contributed by atoms with Crippen LogP contribution in [0.2, 0.25) is 0 Å². The highest BCUT2D eigenvalue weighted by Crippen LogP contribution is 2.59. The van der Waals surface area contributed by atoms with Crippen molar-refractivity contribution >= 4 is 34.9 Å². The third kappa shape index (κ3) is 4.48. The molecule has 3 amide bonds. The summed E-state index contributed by atoms with van der Waals surface area (Å²) in [5.74, 6) is -4.38. The van der Waals surface area contributed by atoms with Gasteiger partial charge >= 0.3 is 0 Å². The number of likely N-dealkylation sites (tertiary alicyclic amines) is 1. The van der Waals surface area contributed by atoms with Gasteiger partial charge in [-0.3, -0.25) is 19.8 Å². The fourth-order valence-electron chi connectivity index (χ4n) is 6.14. The molecule has 1 aliphatic heterocycles. The van der Waals surface area contributed by atoms with E-state index in [-0.39, 0.29) is 58.4 Å². The number of halogens is 2. The highest BCUT2D eigenvalue weighted by molar-refractivity contribution is 7.14. The summed E-state index contributed by atoms with van der Waals surface area (Å²) < 4.78 is 29.8. The summed E-state index contributed by atoms with van der Waals surface area (Å²) in [6, 6.07) is 12.7. The van der Waals surface area contributed by atoms with Gasteiger partial charge in [0, 0.05) is 27.6 Å². The summed E-state index contributed by atoms with van der Waals surface area (Å²) in [7, 11) is 0. The van der Waals surface area contributed by atoms with Gasteiger partial charge in [0.2, 0.25) is 11.8 Å². The molecule has 2 heterocycles. The molecular formula is C30H29F2N5O3S. The summed E-state index contributed by atoms with van der Waals surface area (Å²) in [5, 5.41) is 13.2. The van der Waals surface area contributed by atoms with Crippen molar-refractivity contribution in [2.24, 2.45) is 11.1 Å². The van der Waals surface area contributed by atoms with Crippen LogP contribution in [0.25, 0.3) is 11.1 Å². The van der Waals surface area contributed by atoms with E-state index in [1.807, 2.05) is 19.9 Å². The quantitative estimate of drug-likeness (QED) is 0.249. The Morgan fingerprint density at radius 2 is 1.83 bits per heavy atom. The minimum Gasteiger partial charge on any atom is -0.383 e. The fraction of sp³-hybridized carbons (Fsp3) is 0.333. The van der Waals surface area contributed by atoms with Crippen LogP contribution >= 0.6 is 11.3 Å². The van der Waals surface area contributed by atoms with Crippen LogP contribution in [-0.2, 0) is 15.5 Å². The third-order valence-corrected chi connectivity index (χ3v) is 9.78. The van der Waals surface area contributed by atoms with Gasteiger partial charge in [-0.2, -0.15) is 8.78 Å². The molecule has 1 aromatic heterocycles. The van der Waals surface area contributed by atoms with Crippen molar-refractivity contribution in [3.05, 3.63) is 81.0 Å². The fourth-order valence-corrected chi connectivity index (χ4v) is 7.01. The van der Waals surface area contributed by atoms with Crippen molar-refractivity contribution < 1.29 is 23.2 Å². The minimum absolute atomic E-state index is 0.0370. The lowest BCUT2D eigenvalue weighted by Gasteiger charge is -2.28. The van der Waals surface area contributed by atoms with E-state index in [0.717, 1.165) is 11.3 Å². The van der Waals surface area contributed by atoms with Crippen molar-refractivity contribution in [3.63, 3.8) is 0 Å². The minimum atomic E-state index is -3.14. The molecular weight excluding hydrogens is 548 g/mol. The standard InChI is InChI=1S/C30H29F2N5O3S/c1-15(22-9-10-23(41-22)26(33)34)36-28(40)21-12-29(2)13-24(29)37(21)25(38)14-35-27(39)16-7-8-20-18(11-16)17-5-3-4-6-19(17)30(20,31)32/h3-11,15,21,24H,12-14H2,1-2H3,(H3,33,34)(H,35,39)(H,36,40)/t15-,21+,24+,29-/m1/s1. The van der Waals surface area contributed by atoms with Crippen LogP contribution in [0.4, 0.5) is 8.78 Å². The molecule has 8 nitrogen and oxygen atoms in total. The number of carbonyl (C=O) groups excluding carboxylic acids is 3. The Kier molecular flexibility index (Phi) is 6.25. The maximum absolute atomic E-state index is 14.9. The number of alkyl halides is 2. The van der Waals surface area contributed by atoms with E-state index in [4.69, 9.17) is 11.1 Å². The zero-order valence-electron chi connectivity index (χ0n) is 22.5. The second kappa shape index (κ2) is 9.47. The number of amidine groups is 1. The van der Waals surface area contributed by atoms with E-state index in [0.29, 0.717) is 22.4 Å². The van der Waals surface area contributed by atoms with E-state index in [1.165, 1.54) is 35.6 Å². The lowest BCUT2D eigenvalue weighted by Crippen LogP contribution is -2.51. The van der Waals surface area contributed by atoms with Gasteiger partial charge in [0.1, 0.15) is 11.9 Å². The molecule has 1 saturated carbocycles. The van der Waals surface area contributed by atoms with Crippen molar-refractivity contribution in [1.82, 2.24) is 15.5 Å². The molecule has 4 atom stereocenters. The van der Waals surface area contributed by atoms with Gasteiger partial charge in [-0.1, -0.05) is 37.3 Å². The van der Waals surface area contributed by atoms with Gasteiger partial charge in [-0.25, -0.2) is 0 Å². The van der Waals surface area contributed by atoms with E-state index in [9.17, 15) is 23.2 Å². The van der Waals surface area contributed by atoms with Crippen LogP contribution in [0.3, 0.4) is 0 Å². The third-order valence-electron chi connectivity index (χ3n) is 8.48. The first-order valence-electron chi connectivity index (χ1n) is 13.4. The van der Waals surface area contributed by atoms with Crippen molar-refractivity contribution in [1.29, 1.82) is 5.41 Å². The van der Waals surface area contributed by atoms with Gasteiger partial charge < -0.3 is 21.3 Å². The average Bonchev–Trinajstić information content (AvgIpc) is 3.26. The number of nitrogens with zero attached hydrogens (tertiary/aromatic N) is 1. The number of hydrogen-bond donors (Lipinski definition) is 4. The second-order valence-electron chi connectivity index (χ2n) is 11.3. The Labute approximate surface area is 239 Å². The van der Waals surface area contributed by atoms with Crippen molar-refractivity contribution in [2.45, 2.75) is 50.7 Å². The van der Waals surface area contributed by atoms with Crippen LogP contribution in [0.15, 0.2) is 54.6 Å². The number of nitrogens with two attached hydrogens (primary N) is 1. The van der Waals surface area contributed by atoms with Crippen LogP contribution in [0, 0.1) is 10.8 Å². The van der Waals surface area contributed by atoms with Crippen LogP contribution < -0.4 is 16.4 Å². The Hall–Kier alpha value is -4.12. The Morgan fingerprint density at radius 3 is 2.56 bits per heavy atom. The van der Waals surface area contributed by atoms with E-state index < -0.39 is 17.9 Å². The molecule has 2 fully saturated rings. The number of amides is 3. The largest absolute Gasteiger partial charge is 0.383 e. The predicted octanol–water partition coefficient (Wildman–Crippen LogP) is 4.14. The van der Waals surface area contributed by atoms with Crippen molar-refractivity contribution in [2.75, 3.05) is 6.54 Å². The molecule has 0 radical (unpaired) electrons. The molecule has 0 bridgehead atoms. The van der Waals surface area contributed by atoms with Gasteiger partial charge in [0.15, 0.2) is 0 Å². The molecule has 212 valence electrons. The van der Waals surface area contributed by atoms with E-state index in [1.54, 1.807) is 29.2 Å². The van der Waals surface area contributed by atoms with E-state index >= 15 is 0 Å². The number of fused-ring (bicyclic) bond motifs is 4. The van der Waals surface area contributed by atoms with Crippen LogP contribution in [0.1, 0.15) is 64.0 Å². The zero-order chi connectivity index (χ0) is 29.3. The van der Waals surface area contributed by atoms with E-state index in [2.05, 4.69) is 10.6 Å². The normalized spacial score (nSPS) is 23.7. The molecule has 3 aromatic rings. The second-order valence-corrected chi connectivity index (χ2v) is 12.4. The molecule has 5 N–H and O–H groups in total. The molecule has 3 aliphatic rings. The lowest BCUT2D eigenvalue weighted by molar-refractivity contribution is -0.139. The summed E-state index contributed by atoms with van der Waals surface area (Å²) in [5.41, 5.74) is 6.01. The maximum atomic E-state index is 14.9. The van der Waals surface area contributed by atoms with Crippen molar-refractivity contribution in [3.8, 4) is 11.1 Å². The molecule has 41 heavy (non-hydrogen) atoms. The maximum Gasteiger partial charge on any atom is 0.299 e. The van der Waals surface area contributed by atoms with Gasteiger partial charge in [-0.15, -0.1) is 11.3 Å². The molecule has 1 saturated heterocycles. The number of thiophene rings is 1. The topological polar surface area (TPSA) is 128 Å². The highest BCUT2D eigenvalue weighted by Gasteiger charge is 2.64. The van der Waals surface area contributed by atoms with Crippen LogP contribution in [0.5, 0.6) is 0 Å². The number of hydrogen-bond acceptors (Lipinski definition) is 5. The number of carbonyl (C=O) groups is 3. The molecule has 0 spiro atoms. The zero-order valence-corrected chi connectivity index (χ0v) is 23.3. The number of rotatable bonds is 7. The Balaban J connectivity index is 1.13. The summed E-state index contributed by atoms with van der Waals surface area (Å²) in [4.78, 5) is 42.7. The average molecular weight is 578 g/mol. The summed E-state index contributed by atoms with van der Waals surface area (Å²) in [6.07, 6.45) is 1.31. The first-order chi connectivity index (χ1) is 19.4. The highest BCUT2D eigenvalue weighted by atomic mass is 32.1. The number of benzene rings is 2. The lowest BCUT2D eigenvalue weighted by atomic mass is 10.0. The molecule has 11 heteroatoms. The molecule has 0 unspecified atom stereocenters. The molecule has 2 aliphatic carbocycles.